The molecule has 5 nitrogen and oxygen atoms in total. The van der Waals surface area contributed by atoms with Gasteiger partial charge in [0.15, 0.2) is 0 Å². The molecular weight excluding hydrogens is 218 g/mol. The molecule has 0 aromatic carbocycles. The zero-order valence-corrected chi connectivity index (χ0v) is 9.68. The van der Waals surface area contributed by atoms with Gasteiger partial charge in [-0.15, -0.1) is 0 Å². The zero-order chi connectivity index (χ0) is 12.3. The van der Waals surface area contributed by atoms with E-state index >= 15 is 0 Å². The Bertz CT molecular complexity index is 563. The molecule has 0 bridgehead atoms. The van der Waals surface area contributed by atoms with Crippen LogP contribution in [-0.4, -0.2) is 21.1 Å². The predicted molar refractivity (Wildman–Crippen MR) is 63.9 cm³/mol. The van der Waals surface area contributed by atoms with E-state index in [9.17, 15) is 4.79 Å². The van der Waals surface area contributed by atoms with E-state index in [1.807, 2.05) is 13.8 Å². The first-order valence-corrected chi connectivity index (χ1v) is 5.32. The maximum absolute atomic E-state index is 11.6. The van der Waals surface area contributed by atoms with Crippen LogP contribution in [0.15, 0.2) is 35.6 Å². The van der Waals surface area contributed by atoms with E-state index in [0.29, 0.717) is 17.0 Å². The zero-order valence-electron chi connectivity index (χ0n) is 9.68. The van der Waals surface area contributed by atoms with Crippen LogP contribution in [0.4, 0.5) is 0 Å². The highest BCUT2D eigenvalue weighted by atomic mass is 16.5. The molecule has 2 aromatic rings. The van der Waals surface area contributed by atoms with Crippen molar-refractivity contribution in [1.29, 1.82) is 0 Å². The van der Waals surface area contributed by atoms with Gasteiger partial charge in [0.25, 0.3) is 5.56 Å². The van der Waals surface area contributed by atoms with Gasteiger partial charge in [-0.05, 0) is 19.9 Å². The Morgan fingerprint density at radius 1 is 1.35 bits per heavy atom. The summed E-state index contributed by atoms with van der Waals surface area (Å²) in [7, 11) is 0. The second kappa shape index (κ2) is 4.78. The van der Waals surface area contributed by atoms with Crippen molar-refractivity contribution in [1.82, 2.24) is 15.0 Å². The molecule has 0 saturated carbocycles. The molecule has 0 amide bonds. The second-order valence-corrected chi connectivity index (χ2v) is 3.84. The number of ether oxygens (including phenoxy) is 1. The maximum atomic E-state index is 11.6. The molecule has 0 unspecified atom stereocenters. The first-order valence-electron chi connectivity index (χ1n) is 5.32. The molecular formula is C12H13N3O2. The number of nitrogens with one attached hydrogen (secondary N) is 1. The van der Waals surface area contributed by atoms with Crippen LogP contribution in [0.5, 0.6) is 5.75 Å². The molecule has 0 aliphatic rings. The lowest BCUT2D eigenvalue weighted by Gasteiger charge is -2.09. The molecule has 0 spiro atoms. The summed E-state index contributed by atoms with van der Waals surface area (Å²) in [4.78, 5) is 22.2. The van der Waals surface area contributed by atoms with Crippen LogP contribution in [0, 0.1) is 0 Å². The summed E-state index contributed by atoms with van der Waals surface area (Å²) in [6.45, 7) is 3.86. The number of aromatic amines is 1. The molecule has 2 aromatic heterocycles. The molecule has 0 radical (unpaired) electrons. The Balaban J connectivity index is 2.40. The number of hydrogen-bond acceptors (Lipinski definition) is 4. The van der Waals surface area contributed by atoms with E-state index in [0.717, 1.165) is 0 Å². The van der Waals surface area contributed by atoms with Crippen molar-refractivity contribution in [2.45, 2.75) is 20.0 Å². The second-order valence-electron chi connectivity index (χ2n) is 3.84. The van der Waals surface area contributed by atoms with Gasteiger partial charge in [0.05, 0.1) is 12.3 Å². The van der Waals surface area contributed by atoms with Gasteiger partial charge in [0, 0.05) is 24.2 Å². The third-order valence-corrected chi connectivity index (χ3v) is 2.07. The molecule has 0 atom stereocenters. The SMILES string of the molecule is CC(C)Oc1cncc(-c2ncc[nH]c2=O)c1. The van der Waals surface area contributed by atoms with E-state index in [4.69, 9.17) is 4.74 Å². The summed E-state index contributed by atoms with van der Waals surface area (Å²) >= 11 is 0. The minimum atomic E-state index is -0.240. The Morgan fingerprint density at radius 3 is 2.88 bits per heavy atom. The van der Waals surface area contributed by atoms with Crippen LogP contribution in [0.3, 0.4) is 0 Å². The highest BCUT2D eigenvalue weighted by molar-refractivity contribution is 5.58. The Morgan fingerprint density at radius 2 is 2.18 bits per heavy atom. The van der Waals surface area contributed by atoms with Gasteiger partial charge in [-0.2, -0.15) is 0 Å². The Hall–Kier alpha value is -2.17. The third kappa shape index (κ3) is 2.69. The van der Waals surface area contributed by atoms with Crippen molar-refractivity contribution >= 4 is 0 Å². The lowest BCUT2D eigenvalue weighted by Crippen LogP contribution is -2.10. The number of hydrogen-bond donors (Lipinski definition) is 1. The first-order chi connectivity index (χ1) is 8.16. The van der Waals surface area contributed by atoms with Gasteiger partial charge in [-0.25, -0.2) is 4.98 Å². The fraction of sp³-hybridized carbons (Fsp3) is 0.250. The number of H-pyrrole nitrogens is 1. The van der Waals surface area contributed by atoms with E-state index in [2.05, 4.69) is 15.0 Å². The van der Waals surface area contributed by atoms with E-state index in [-0.39, 0.29) is 11.7 Å². The van der Waals surface area contributed by atoms with Gasteiger partial charge < -0.3 is 9.72 Å². The Kier molecular flexibility index (Phi) is 3.18. The smallest absolute Gasteiger partial charge is 0.274 e. The summed E-state index contributed by atoms with van der Waals surface area (Å²) in [5, 5.41) is 0. The molecule has 2 heterocycles. The van der Waals surface area contributed by atoms with E-state index < -0.39 is 0 Å². The van der Waals surface area contributed by atoms with Crippen LogP contribution in [0.2, 0.25) is 0 Å². The quantitative estimate of drug-likeness (QED) is 0.871. The van der Waals surface area contributed by atoms with Crippen molar-refractivity contribution in [3.05, 3.63) is 41.2 Å². The highest BCUT2D eigenvalue weighted by Gasteiger charge is 2.06. The topological polar surface area (TPSA) is 67.9 Å². The predicted octanol–water partition coefficient (Wildman–Crippen LogP) is 1.62. The van der Waals surface area contributed by atoms with Gasteiger partial charge >= 0.3 is 0 Å². The fourth-order valence-electron chi connectivity index (χ4n) is 1.44. The van der Waals surface area contributed by atoms with Crippen LogP contribution in [-0.2, 0) is 0 Å². The average Bonchev–Trinajstić information content (AvgIpc) is 2.29. The standard InChI is InChI=1S/C12H13N3O2/c1-8(2)17-10-5-9(6-13-7-10)11-12(16)15-4-3-14-11/h3-8H,1-2H3,(H,15,16). The normalized spacial score (nSPS) is 10.5. The summed E-state index contributed by atoms with van der Waals surface area (Å²) in [6, 6.07) is 1.75. The molecule has 1 N–H and O–H groups in total. The lowest BCUT2D eigenvalue weighted by atomic mass is 10.2. The van der Waals surface area contributed by atoms with Crippen molar-refractivity contribution in [3.8, 4) is 17.0 Å². The number of pyridine rings is 1. The van der Waals surface area contributed by atoms with Crippen LogP contribution < -0.4 is 10.3 Å². The molecule has 0 saturated heterocycles. The average molecular weight is 231 g/mol. The van der Waals surface area contributed by atoms with Crippen molar-refractivity contribution < 1.29 is 4.74 Å². The molecule has 0 fully saturated rings. The maximum Gasteiger partial charge on any atom is 0.274 e. The van der Waals surface area contributed by atoms with Gasteiger partial charge in [-0.1, -0.05) is 0 Å². The molecule has 2 rings (SSSR count). The molecule has 17 heavy (non-hydrogen) atoms. The lowest BCUT2D eigenvalue weighted by molar-refractivity contribution is 0.241. The minimum absolute atomic E-state index is 0.0640. The largest absolute Gasteiger partial charge is 0.489 e. The van der Waals surface area contributed by atoms with Crippen LogP contribution in [0.25, 0.3) is 11.3 Å². The molecule has 0 aliphatic heterocycles. The summed E-state index contributed by atoms with van der Waals surface area (Å²) in [6.07, 6.45) is 6.29. The monoisotopic (exact) mass is 231 g/mol. The van der Waals surface area contributed by atoms with Crippen molar-refractivity contribution in [2.75, 3.05) is 0 Å². The van der Waals surface area contributed by atoms with Gasteiger partial charge in [0.1, 0.15) is 11.4 Å². The van der Waals surface area contributed by atoms with Crippen LogP contribution >= 0.6 is 0 Å². The minimum Gasteiger partial charge on any atom is -0.489 e. The third-order valence-electron chi connectivity index (χ3n) is 2.07. The molecule has 0 aliphatic carbocycles. The van der Waals surface area contributed by atoms with Gasteiger partial charge in [0.2, 0.25) is 0 Å². The fourth-order valence-corrected chi connectivity index (χ4v) is 1.44. The number of aromatic nitrogens is 3. The Labute approximate surface area is 98.5 Å². The summed E-state index contributed by atoms with van der Waals surface area (Å²) < 4.78 is 5.51. The van der Waals surface area contributed by atoms with E-state index in [1.54, 1.807) is 18.5 Å². The number of nitrogens with zero attached hydrogens (tertiary/aromatic N) is 2. The molecule has 88 valence electrons. The van der Waals surface area contributed by atoms with Crippen LogP contribution in [0.1, 0.15) is 13.8 Å². The summed E-state index contributed by atoms with van der Waals surface area (Å²) in [5.41, 5.74) is 0.746. The highest BCUT2D eigenvalue weighted by Crippen LogP contribution is 2.18. The summed E-state index contributed by atoms with van der Waals surface area (Å²) in [5.74, 6) is 0.627. The van der Waals surface area contributed by atoms with E-state index in [1.165, 1.54) is 12.4 Å². The number of rotatable bonds is 3. The van der Waals surface area contributed by atoms with Gasteiger partial charge in [-0.3, -0.25) is 9.78 Å². The molecule has 5 heteroatoms. The first kappa shape index (κ1) is 11.3. The van der Waals surface area contributed by atoms with Crippen molar-refractivity contribution in [3.63, 3.8) is 0 Å². The van der Waals surface area contributed by atoms with Crippen molar-refractivity contribution in [2.24, 2.45) is 0 Å².